The Kier molecular flexibility index (Phi) is 6.16. The molecule has 26 heavy (non-hydrogen) atoms. The highest BCUT2D eigenvalue weighted by molar-refractivity contribution is 14.1. The molecule has 0 bridgehead atoms. The van der Waals surface area contributed by atoms with Crippen LogP contribution in [0.25, 0.3) is 0 Å². The fraction of sp³-hybridized carbons (Fsp3) is 0.389. The molecule has 1 fully saturated rings. The lowest BCUT2D eigenvalue weighted by Gasteiger charge is -2.14. The van der Waals surface area contributed by atoms with Crippen molar-refractivity contribution in [1.82, 2.24) is 10.6 Å². The van der Waals surface area contributed by atoms with Crippen molar-refractivity contribution in [1.29, 1.82) is 0 Å². The first-order valence-corrected chi connectivity index (χ1v) is 10.3. The number of aliphatic hydroxyl groups is 1. The van der Waals surface area contributed by atoms with Crippen LogP contribution in [0.3, 0.4) is 0 Å². The van der Waals surface area contributed by atoms with Crippen molar-refractivity contribution < 1.29 is 14.3 Å². The van der Waals surface area contributed by atoms with Crippen LogP contribution in [-0.2, 0) is 0 Å². The van der Waals surface area contributed by atoms with E-state index in [1.807, 2.05) is 29.5 Å². The summed E-state index contributed by atoms with van der Waals surface area (Å²) in [4.78, 5) is 13.6. The highest BCUT2D eigenvalue weighted by Gasteiger charge is 2.26. The van der Waals surface area contributed by atoms with Gasteiger partial charge in [-0.3, -0.25) is 4.79 Å². The topological polar surface area (TPSA) is 73.4 Å². The predicted molar refractivity (Wildman–Crippen MR) is 111 cm³/mol. The van der Waals surface area contributed by atoms with Gasteiger partial charge in [0, 0.05) is 21.0 Å². The predicted octanol–water partition coefficient (Wildman–Crippen LogP) is 3.69. The second-order valence-electron chi connectivity index (χ2n) is 6.38. The van der Waals surface area contributed by atoms with E-state index in [-0.39, 0.29) is 17.8 Å². The molecule has 5 nitrogen and oxygen atoms in total. The zero-order chi connectivity index (χ0) is 18.8. The summed E-state index contributed by atoms with van der Waals surface area (Å²) in [7, 11) is 0. The molecule has 0 saturated carbocycles. The van der Waals surface area contributed by atoms with Gasteiger partial charge in [-0.2, -0.15) is 0 Å². The maximum atomic E-state index is 14.2. The number of carbonyl (C=O) groups excluding carboxylic acids is 1. The molecule has 1 aliphatic heterocycles. The van der Waals surface area contributed by atoms with Gasteiger partial charge < -0.3 is 21.1 Å². The summed E-state index contributed by atoms with van der Waals surface area (Å²) in [5.74, 6) is -0.583. The number of benzene rings is 1. The Balaban J connectivity index is 1.94. The Morgan fingerprint density at radius 1 is 1.50 bits per heavy atom. The molecule has 4 N–H and O–H groups in total. The minimum absolute atomic E-state index is 0.0830. The average molecular weight is 489 g/mol. The number of nitrogens with one attached hydrogen (secondary N) is 3. The molecular formula is C18H21FIN3O2S. The molecule has 2 atom stereocenters. The summed E-state index contributed by atoms with van der Waals surface area (Å²) in [5.41, 5.74) is 1.50. The van der Waals surface area contributed by atoms with Gasteiger partial charge in [0.05, 0.1) is 17.4 Å². The smallest absolute Gasteiger partial charge is 0.254 e. The van der Waals surface area contributed by atoms with Crippen LogP contribution in [0.15, 0.2) is 18.2 Å². The molecule has 0 spiro atoms. The van der Waals surface area contributed by atoms with Crippen LogP contribution in [0.2, 0.25) is 0 Å². The number of hydrogen-bond donors (Lipinski definition) is 4. The van der Waals surface area contributed by atoms with E-state index in [9.17, 15) is 14.3 Å². The van der Waals surface area contributed by atoms with Crippen LogP contribution in [0.1, 0.15) is 40.2 Å². The molecule has 1 unspecified atom stereocenters. The van der Waals surface area contributed by atoms with Gasteiger partial charge in [0.2, 0.25) is 0 Å². The second-order valence-corrected chi connectivity index (χ2v) is 8.68. The van der Waals surface area contributed by atoms with Crippen LogP contribution in [-0.4, -0.2) is 30.1 Å². The van der Waals surface area contributed by atoms with Crippen molar-refractivity contribution in [2.24, 2.45) is 0 Å². The van der Waals surface area contributed by atoms with Crippen molar-refractivity contribution in [3.8, 4) is 0 Å². The molecule has 1 aromatic heterocycles. The fourth-order valence-electron chi connectivity index (χ4n) is 3.04. The third-order valence-corrected chi connectivity index (χ3v) is 6.41. The number of hydrogen-bond acceptors (Lipinski definition) is 5. The molecule has 0 aliphatic carbocycles. The third kappa shape index (κ3) is 4.19. The quantitative estimate of drug-likeness (QED) is 0.484. The van der Waals surface area contributed by atoms with E-state index < -0.39 is 6.10 Å². The van der Waals surface area contributed by atoms with Crippen LogP contribution >= 0.6 is 33.9 Å². The van der Waals surface area contributed by atoms with E-state index in [1.54, 1.807) is 19.1 Å². The zero-order valence-corrected chi connectivity index (χ0v) is 17.5. The number of rotatable bonds is 5. The van der Waals surface area contributed by atoms with Crippen molar-refractivity contribution >= 4 is 50.5 Å². The first-order valence-electron chi connectivity index (χ1n) is 8.41. The van der Waals surface area contributed by atoms with E-state index in [1.165, 1.54) is 17.4 Å². The molecule has 0 radical (unpaired) electrons. The van der Waals surface area contributed by atoms with Gasteiger partial charge in [0.25, 0.3) is 5.91 Å². The first-order chi connectivity index (χ1) is 12.4. The number of amides is 1. The third-order valence-electron chi connectivity index (χ3n) is 4.37. The minimum Gasteiger partial charge on any atom is -0.388 e. The Morgan fingerprint density at radius 3 is 2.88 bits per heavy atom. The molecule has 140 valence electrons. The zero-order valence-electron chi connectivity index (χ0n) is 14.5. The molecule has 1 aromatic carbocycles. The Morgan fingerprint density at radius 2 is 2.27 bits per heavy atom. The Bertz CT molecular complexity index is 819. The van der Waals surface area contributed by atoms with E-state index in [4.69, 9.17) is 0 Å². The summed E-state index contributed by atoms with van der Waals surface area (Å²) in [6.07, 6.45) is 0.184. The average Bonchev–Trinajstić information content (AvgIpc) is 3.18. The normalized spacial score (nSPS) is 18.0. The highest BCUT2D eigenvalue weighted by Crippen LogP contribution is 2.38. The van der Waals surface area contributed by atoms with Gasteiger partial charge in [-0.1, -0.05) is 0 Å². The second kappa shape index (κ2) is 8.20. The summed E-state index contributed by atoms with van der Waals surface area (Å²) in [6, 6.07) is 4.96. The summed E-state index contributed by atoms with van der Waals surface area (Å²) in [5, 5.41) is 19.9. The lowest BCUT2D eigenvalue weighted by atomic mass is 10.1. The van der Waals surface area contributed by atoms with Crippen LogP contribution in [0.5, 0.6) is 0 Å². The maximum absolute atomic E-state index is 14.2. The SMILES string of the molecule is Cc1c(C(C)O)sc(Nc2ccc(I)cc2F)c1C(=O)N[C@@H]1CCNC1. The van der Waals surface area contributed by atoms with Crippen molar-refractivity contribution in [2.45, 2.75) is 32.4 Å². The van der Waals surface area contributed by atoms with Gasteiger partial charge in [-0.25, -0.2) is 4.39 Å². The summed E-state index contributed by atoms with van der Waals surface area (Å²) < 4.78 is 15.0. The van der Waals surface area contributed by atoms with Crippen molar-refractivity contribution in [2.75, 3.05) is 18.4 Å². The van der Waals surface area contributed by atoms with Gasteiger partial charge in [-0.15, -0.1) is 11.3 Å². The van der Waals surface area contributed by atoms with Gasteiger partial charge in [0.1, 0.15) is 10.8 Å². The molecule has 3 rings (SSSR count). The summed E-state index contributed by atoms with van der Waals surface area (Å²) in [6.45, 7) is 5.10. The maximum Gasteiger partial charge on any atom is 0.254 e. The van der Waals surface area contributed by atoms with Crippen molar-refractivity contribution in [3.05, 3.63) is 43.6 Å². The fourth-order valence-corrected chi connectivity index (χ4v) is 4.65. The minimum atomic E-state index is -0.697. The molecule has 2 aromatic rings. The number of aliphatic hydroxyl groups excluding tert-OH is 1. The highest BCUT2D eigenvalue weighted by atomic mass is 127. The largest absolute Gasteiger partial charge is 0.388 e. The van der Waals surface area contributed by atoms with Crippen LogP contribution in [0, 0.1) is 16.3 Å². The van der Waals surface area contributed by atoms with E-state index in [0.717, 1.165) is 28.6 Å². The van der Waals surface area contributed by atoms with Crippen LogP contribution < -0.4 is 16.0 Å². The lowest BCUT2D eigenvalue weighted by molar-refractivity contribution is 0.0940. The first kappa shape index (κ1) is 19.5. The van der Waals surface area contributed by atoms with Gasteiger partial charge in [0.15, 0.2) is 0 Å². The number of anilines is 2. The molecule has 1 aliphatic rings. The monoisotopic (exact) mass is 489 g/mol. The van der Waals surface area contributed by atoms with Gasteiger partial charge in [-0.05, 0) is 73.2 Å². The Hall–Kier alpha value is -1.23. The summed E-state index contributed by atoms with van der Waals surface area (Å²) >= 11 is 3.33. The molecule has 2 heterocycles. The molecular weight excluding hydrogens is 468 g/mol. The van der Waals surface area contributed by atoms with Crippen molar-refractivity contribution in [3.63, 3.8) is 0 Å². The standard InChI is InChI=1S/C18H21FIN3O2S/c1-9-15(17(25)22-12-5-6-21-8-12)18(26-16(9)10(2)24)23-14-4-3-11(20)7-13(14)19/h3-4,7,10,12,21,23-24H,5-6,8H2,1-2H3,(H,22,25)/t10?,12-/m1/s1. The Labute approximate surface area is 169 Å². The number of halogens is 2. The van der Waals surface area contributed by atoms with E-state index in [2.05, 4.69) is 16.0 Å². The molecule has 8 heteroatoms. The van der Waals surface area contributed by atoms with Crippen LogP contribution in [0.4, 0.5) is 15.1 Å². The van der Waals surface area contributed by atoms with E-state index >= 15 is 0 Å². The molecule has 1 saturated heterocycles. The van der Waals surface area contributed by atoms with E-state index in [0.29, 0.717) is 21.1 Å². The number of thiophene rings is 1. The molecule has 1 amide bonds. The number of carbonyl (C=O) groups is 1. The lowest BCUT2D eigenvalue weighted by Crippen LogP contribution is -2.36. The van der Waals surface area contributed by atoms with Gasteiger partial charge >= 0.3 is 0 Å².